The van der Waals surface area contributed by atoms with Crippen LogP contribution in [-0.4, -0.2) is 37.1 Å². The molecule has 3 nitrogen and oxygen atoms in total. The topological polar surface area (TPSA) is 42.0 Å². The van der Waals surface area contributed by atoms with Gasteiger partial charge in [-0.3, -0.25) is 0 Å². The number of aliphatic hydroxyl groups excluding tert-OH is 1. The number of hydrogen-bond acceptors (Lipinski definition) is 3. The maximum absolute atomic E-state index is 8.45. The van der Waals surface area contributed by atoms with Gasteiger partial charge >= 0.3 is 0 Å². The van der Waals surface area contributed by atoms with E-state index in [0.29, 0.717) is 12.7 Å². The smallest absolute Gasteiger partial charge is 0.107 e. The van der Waals surface area contributed by atoms with E-state index in [1.807, 2.05) is 0 Å². The third kappa shape index (κ3) is 2.25. The standard InChI is InChI=1S/C7H14O3/c1-2-6(7-5-10-7)9-4-3-8/h6-8H,2-5H2,1H3. The average Bonchev–Trinajstić information content (AvgIpc) is 2.73. The Kier molecular flexibility index (Phi) is 3.12. The highest BCUT2D eigenvalue weighted by Crippen LogP contribution is 2.18. The molecular weight excluding hydrogens is 132 g/mol. The molecule has 60 valence electrons. The van der Waals surface area contributed by atoms with Crippen LogP contribution in [0.1, 0.15) is 13.3 Å². The van der Waals surface area contributed by atoms with Crippen molar-refractivity contribution < 1.29 is 14.6 Å². The summed E-state index contributed by atoms with van der Waals surface area (Å²) in [6.07, 6.45) is 1.47. The van der Waals surface area contributed by atoms with E-state index in [0.717, 1.165) is 13.0 Å². The largest absolute Gasteiger partial charge is 0.394 e. The monoisotopic (exact) mass is 146 g/mol. The maximum Gasteiger partial charge on any atom is 0.107 e. The Morgan fingerprint density at radius 2 is 2.50 bits per heavy atom. The number of rotatable bonds is 5. The van der Waals surface area contributed by atoms with Gasteiger partial charge in [0.15, 0.2) is 0 Å². The molecule has 0 aromatic heterocycles. The van der Waals surface area contributed by atoms with Gasteiger partial charge in [0.1, 0.15) is 6.10 Å². The van der Waals surface area contributed by atoms with Crippen molar-refractivity contribution >= 4 is 0 Å². The first-order chi connectivity index (χ1) is 4.88. The van der Waals surface area contributed by atoms with E-state index in [4.69, 9.17) is 14.6 Å². The SMILES string of the molecule is CCC(OCCO)C1CO1. The zero-order chi connectivity index (χ0) is 7.40. The van der Waals surface area contributed by atoms with Gasteiger partial charge in [0.05, 0.1) is 25.9 Å². The number of epoxide rings is 1. The lowest BCUT2D eigenvalue weighted by molar-refractivity contribution is 0.0112. The van der Waals surface area contributed by atoms with Gasteiger partial charge in [0, 0.05) is 0 Å². The van der Waals surface area contributed by atoms with Crippen LogP contribution in [0.15, 0.2) is 0 Å². The van der Waals surface area contributed by atoms with Crippen molar-refractivity contribution in [2.45, 2.75) is 25.6 Å². The molecule has 1 N–H and O–H groups in total. The molecule has 0 aliphatic carbocycles. The molecule has 0 saturated carbocycles. The van der Waals surface area contributed by atoms with Crippen LogP contribution < -0.4 is 0 Å². The quantitative estimate of drug-likeness (QED) is 0.562. The summed E-state index contributed by atoms with van der Waals surface area (Å²) in [7, 11) is 0. The Morgan fingerprint density at radius 1 is 1.80 bits per heavy atom. The molecule has 3 heteroatoms. The van der Waals surface area contributed by atoms with Crippen LogP contribution in [0.5, 0.6) is 0 Å². The molecule has 2 unspecified atom stereocenters. The molecule has 0 bridgehead atoms. The number of aliphatic hydroxyl groups is 1. The van der Waals surface area contributed by atoms with E-state index in [-0.39, 0.29) is 12.7 Å². The first-order valence-electron chi connectivity index (χ1n) is 3.72. The van der Waals surface area contributed by atoms with Crippen molar-refractivity contribution in [1.82, 2.24) is 0 Å². The number of hydrogen-bond donors (Lipinski definition) is 1. The Balaban J connectivity index is 2.07. The van der Waals surface area contributed by atoms with Gasteiger partial charge in [-0.15, -0.1) is 0 Å². The summed E-state index contributed by atoms with van der Waals surface area (Å²) in [4.78, 5) is 0. The highest BCUT2D eigenvalue weighted by Gasteiger charge is 2.31. The van der Waals surface area contributed by atoms with Gasteiger partial charge in [0.2, 0.25) is 0 Å². The fraction of sp³-hybridized carbons (Fsp3) is 1.00. The average molecular weight is 146 g/mol. The second kappa shape index (κ2) is 3.91. The van der Waals surface area contributed by atoms with Crippen molar-refractivity contribution in [2.75, 3.05) is 19.8 Å². The predicted molar refractivity (Wildman–Crippen MR) is 36.9 cm³/mol. The van der Waals surface area contributed by atoms with E-state index in [9.17, 15) is 0 Å². The minimum absolute atomic E-state index is 0.100. The fourth-order valence-electron chi connectivity index (χ4n) is 0.962. The van der Waals surface area contributed by atoms with Gasteiger partial charge < -0.3 is 14.6 Å². The fourth-order valence-corrected chi connectivity index (χ4v) is 0.962. The van der Waals surface area contributed by atoms with Crippen LogP contribution in [0.2, 0.25) is 0 Å². The van der Waals surface area contributed by atoms with E-state index >= 15 is 0 Å². The van der Waals surface area contributed by atoms with Gasteiger partial charge in [-0.05, 0) is 6.42 Å². The lowest BCUT2D eigenvalue weighted by Gasteiger charge is -2.11. The van der Waals surface area contributed by atoms with Crippen molar-refractivity contribution in [1.29, 1.82) is 0 Å². The van der Waals surface area contributed by atoms with Gasteiger partial charge in [0.25, 0.3) is 0 Å². The molecule has 0 radical (unpaired) electrons. The molecule has 1 fully saturated rings. The predicted octanol–water partition coefficient (Wildman–Crippen LogP) is 0.173. The molecule has 0 aromatic carbocycles. The molecule has 0 aromatic rings. The first kappa shape index (κ1) is 7.98. The van der Waals surface area contributed by atoms with Crippen LogP contribution in [-0.2, 0) is 9.47 Å². The van der Waals surface area contributed by atoms with Gasteiger partial charge in [-0.25, -0.2) is 0 Å². The highest BCUT2D eigenvalue weighted by atomic mass is 16.6. The van der Waals surface area contributed by atoms with Crippen LogP contribution >= 0.6 is 0 Å². The normalized spacial score (nSPS) is 26.4. The summed E-state index contributed by atoms with van der Waals surface area (Å²) in [6.45, 7) is 3.41. The third-order valence-corrected chi connectivity index (χ3v) is 1.60. The minimum atomic E-state index is 0.100. The summed E-state index contributed by atoms with van der Waals surface area (Å²) in [6, 6.07) is 0. The summed E-state index contributed by atoms with van der Waals surface area (Å²) in [5.41, 5.74) is 0. The second-order valence-corrected chi connectivity index (χ2v) is 2.41. The highest BCUT2D eigenvalue weighted by molar-refractivity contribution is 4.78. The molecule has 2 atom stereocenters. The maximum atomic E-state index is 8.45. The van der Waals surface area contributed by atoms with E-state index < -0.39 is 0 Å². The molecule has 0 amide bonds. The zero-order valence-corrected chi connectivity index (χ0v) is 6.25. The number of ether oxygens (including phenoxy) is 2. The Morgan fingerprint density at radius 3 is 2.90 bits per heavy atom. The van der Waals surface area contributed by atoms with Crippen LogP contribution in [0, 0.1) is 0 Å². The molecule has 1 aliphatic rings. The van der Waals surface area contributed by atoms with Crippen LogP contribution in [0.25, 0.3) is 0 Å². The van der Waals surface area contributed by atoms with E-state index in [1.165, 1.54) is 0 Å². The molecule has 10 heavy (non-hydrogen) atoms. The summed E-state index contributed by atoms with van der Waals surface area (Å²) in [5.74, 6) is 0. The summed E-state index contributed by atoms with van der Waals surface area (Å²) >= 11 is 0. The summed E-state index contributed by atoms with van der Waals surface area (Å²) in [5, 5.41) is 8.45. The minimum Gasteiger partial charge on any atom is -0.394 e. The third-order valence-electron chi connectivity index (χ3n) is 1.60. The molecular formula is C7H14O3. The van der Waals surface area contributed by atoms with Crippen molar-refractivity contribution in [2.24, 2.45) is 0 Å². The lowest BCUT2D eigenvalue weighted by atomic mass is 10.2. The van der Waals surface area contributed by atoms with E-state index in [1.54, 1.807) is 0 Å². The Bertz CT molecular complexity index is 90.9. The Hall–Kier alpha value is -0.120. The van der Waals surface area contributed by atoms with Crippen LogP contribution in [0.4, 0.5) is 0 Å². The molecule has 1 saturated heterocycles. The Labute approximate surface area is 60.9 Å². The van der Waals surface area contributed by atoms with Crippen molar-refractivity contribution in [3.05, 3.63) is 0 Å². The molecule has 1 heterocycles. The van der Waals surface area contributed by atoms with Crippen molar-refractivity contribution in [3.63, 3.8) is 0 Å². The zero-order valence-electron chi connectivity index (χ0n) is 6.25. The van der Waals surface area contributed by atoms with E-state index in [2.05, 4.69) is 6.92 Å². The van der Waals surface area contributed by atoms with Crippen molar-refractivity contribution in [3.8, 4) is 0 Å². The molecule has 1 aliphatic heterocycles. The van der Waals surface area contributed by atoms with Gasteiger partial charge in [-0.2, -0.15) is 0 Å². The van der Waals surface area contributed by atoms with Crippen LogP contribution in [0.3, 0.4) is 0 Å². The van der Waals surface area contributed by atoms with Gasteiger partial charge in [-0.1, -0.05) is 6.92 Å². The summed E-state index contributed by atoms with van der Waals surface area (Å²) < 4.78 is 10.3. The molecule has 1 rings (SSSR count). The first-order valence-corrected chi connectivity index (χ1v) is 3.72. The second-order valence-electron chi connectivity index (χ2n) is 2.41. The lowest BCUT2D eigenvalue weighted by Crippen LogP contribution is -2.20. The molecule has 0 spiro atoms.